The summed E-state index contributed by atoms with van der Waals surface area (Å²) in [5.41, 5.74) is 1.35. The average Bonchev–Trinajstić information content (AvgIpc) is 3.30. The van der Waals surface area contributed by atoms with Crippen molar-refractivity contribution >= 4 is 23.2 Å². The van der Waals surface area contributed by atoms with Crippen molar-refractivity contribution in [3.63, 3.8) is 0 Å². The van der Waals surface area contributed by atoms with Gasteiger partial charge in [0.25, 0.3) is 5.91 Å². The first kappa shape index (κ1) is 17.1. The second-order valence-electron chi connectivity index (χ2n) is 7.09. The molecular formula is C17H22N6O2S. The number of thiophene rings is 1. The number of amides is 2. The van der Waals surface area contributed by atoms with Gasteiger partial charge in [-0.3, -0.25) is 9.59 Å². The molecule has 2 amide bonds. The van der Waals surface area contributed by atoms with Crippen LogP contribution in [0.4, 0.5) is 0 Å². The van der Waals surface area contributed by atoms with Crippen LogP contribution in [-0.4, -0.2) is 68.0 Å². The van der Waals surface area contributed by atoms with E-state index in [1.165, 1.54) is 27.9 Å². The molecule has 2 aromatic rings. The van der Waals surface area contributed by atoms with Crippen LogP contribution in [0.3, 0.4) is 0 Å². The lowest BCUT2D eigenvalue weighted by Crippen LogP contribution is -2.51. The highest BCUT2D eigenvalue weighted by Gasteiger charge is 2.27. The lowest BCUT2D eigenvalue weighted by molar-refractivity contribution is -0.133. The predicted molar refractivity (Wildman–Crippen MR) is 95.8 cm³/mol. The molecule has 4 rings (SSSR count). The predicted octanol–water partition coefficient (Wildman–Crippen LogP) is 0.844. The first-order valence-corrected chi connectivity index (χ1v) is 9.81. The molecule has 2 aliphatic rings. The van der Waals surface area contributed by atoms with Crippen molar-refractivity contribution in [3.05, 3.63) is 27.7 Å². The van der Waals surface area contributed by atoms with Gasteiger partial charge < -0.3 is 9.80 Å². The van der Waals surface area contributed by atoms with E-state index < -0.39 is 0 Å². The van der Waals surface area contributed by atoms with Crippen molar-refractivity contribution in [2.45, 2.75) is 32.7 Å². The first-order chi connectivity index (χ1) is 12.6. The van der Waals surface area contributed by atoms with E-state index in [1.807, 2.05) is 4.90 Å². The van der Waals surface area contributed by atoms with Gasteiger partial charge in [-0.25, -0.2) is 4.68 Å². The summed E-state index contributed by atoms with van der Waals surface area (Å²) in [4.78, 5) is 31.0. The summed E-state index contributed by atoms with van der Waals surface area (Å²) in [5.74, 6) is 0.782. The van der Waals surface area contributed by atoms with Crippen molar-refractivity contribution in [1.82, 2.24) is 30.0 Å². The maximum atomic E-state index is 12.8. The minimum Gasteiger partial charge on any atom is -0.338 e. The van der Waals surface area contributed by atoms with Crippen molar-refractivity contribution < 1.29 is 9.59 Å². The zero-order valence-electron chi connectivity index (χ0n) is 14.8. The molecule has 0 N–H and O–H groups in total. The maximum Gasteiger partial charge on any atom is 0.264 e. The fourth-order valence-electron chi connectivity index (χ4n) is 3.62. The van der Waals surface area contributed by atoms with Gasteiger partial charge in [0.2, 0.25) is 5.91 Å². The molecule has 0 saturated carbocycles. The Hall–Kier alpha value is -2.29. The minimum absolute atomic E-state index is 0.0232. The highest BCUT2D eigenvalue weighted by atomic mass is 32.1. The summed E-state index contributed by atoms with van der Waals surface area (Å²) in [6.07, 6.45) is 4.81. The van der Waals surface area contributed by atoms with Gasteiger partial charge in [-0.1, -0.05) is 6.92 Å². The monoisotopic (exact) mass is 374 g/mol. The minimum atomic E-state index is -0.0232. The fraction of sp³-hybridized carbons (Fsp3) is 0.588. The summed E-state index contributed by atoms with van der Waals surface area (Å²) >= 11 is 1.65. The van der Waals surface area contributed by atoms with Crippen LogP contribution in [0, 0.1) is 5.92 Å². The molecule has 1 aliphatic carbocycles. The SMILES string of the molecule is CC1CCc2sc(C(=O)N3CCN(C(=O)Cn4cnnn4)CC3)cc2C1. The quantitative estimate of drug-likeness (QED) is 0.795. The van der Waals surface area contributed by atoms with Crippen molar-refractivity contribution in [2.24, 2.45) is 5.92 Å². The topological polar surface area (TPSA) is 84.2 Å². The molecule has 9 heteroatoms. The highest BCUT2D eigenvalue weighted by molar-refractivity contribution is 7.14. The number of piperazine rings is 1. The van der Waals surface area contributed by atoms with Crippen LogP contribution in [0.5, 0.6) is 0 Å². The molecule has 138 valence electrons. The van der Waals surface area contributed by atoms with Crippen LogP contribution in [0.2, 0.25) is 0 Å². The van der Waals surface area contributed by atoms with Gasteiger partial charge in [0, 0.05) is 31.1 Å². The Morgan fingerprint density at radius 1 is 1.23 bits per heavy atom. The maximum absolute atomic E-state index is 12.8. The van der Waals surface area contributed by atoms with E-state index >= 15 is 0 Å². The third kappa shape index (κ3) is 3.48. The van der Waals surface area contributed by atoms with E-state index in [2.05, 4.69) is 28.5 Å². The van der Waals surface area contributed by atoms with E-state index in [0.717, 1.165) is 17.7 Å². The number of tetrazole rings is 1. The molecule has 1 saturated heterocycles. The molecule has 1 unspecified atom stereocenters. The number of aromatic nitrogens is 4. The first-order valence-electron chi connectivity index (χ1n) is 8.99. The summed E-state index contributed by atoms with van der Waals surface area (Å²) < 4.78 is 1.41. The number of rotatable bonds is 3. The molecule has 8 nitrogen and oxygen atoms in total. The standard InChI is InChI=1S/C17H22N6O2S/c1-12-2-3-14-13(8-12)9-15(26-14)17(25)22-6-4-21(5-7-22)16(24)10-23-11-18-19-20-23/h9,11-12H,2-8,10H2,1H3. The van der Waals surface area contributed by atoms with Gasteiger partial charge in [0.15, 0.2) is 0 Å². The van der Waals surface area contributed by atoms with E-state index in [9.17, 15) is 9.59 Å². The Morgan fingerprint density at radius 3 is 2.73 bits per heavy atom. The molecule has 0 bridgehead atoms. The van der Waals surface area contributed by atoms with E-state index in [4.69, 9.17) is 0 Å². The molecule has 3 heterocycles. The van der Waals surface area contributed by atoms with Crippen molar-refractivity contribution in [1.29, 1.82) is 0 Å². The summed E-state index contributed by atoms with van der Waals surface area (Å²) in [6, 6.07) is 2.09. The Balaban J connectivity index is 1.34. The molecule has 1 atom stereocenters. The van der Waals surface area contributed by atoms with Crippen LogP contribution in [-0.2, 0) is 24.2 Å². The van der Waals surface area contributed by atoms with Crippen molar-refractivity contribution in [3.8, 4) is 0 Å². The van der Waals surface area contributed by atoms with Crippen LogP contribution in [0.25, 0.3) is 0 Å². The normalized spacial score (nSPS) is 20.1. The second kappa shape index (κ2) is 7.14. The van der Waals surface area contributed by atoms with E-state index in [-0.39, 0.29) is 18.4 Å². The second-order valence-corrected chi connectivity index (χ2v) is 8.22. The van der Waals surface area contributed by atoms with Gasteiger partial charge in [-0.05, 0) is 47.2 Å². The van der Waals surface area contributed by atoms with Crippen LogP contribution in [0.1, 0.15) is 33.5 Å². The summed E-state index contributed by atoms with van der Waals surface area (Å²) in [7, 11) is 0. The van der Waals surface area contributed by atoms with Crippen LogP contribution >= 0.6 is 11.3 Å². The molecule has 1 aliphatic heterocycles. The van der Waals surface area contributed by atoms with Gasteiger partial charge in [0.1, 0.15) is 12.9 Å². The number of hydrogen-bond donors (Lipinski definition) is 0. The molecular weight excluding hydrogens is 352 g/mol. The molecule has 26 heavy (non-hydrogen) atoms. The molecule has 0 aromatic carbocycles. The molecule has 0 radical (unpaired) electrons. The molecule has 1 fully saturated rings. The zero-order valence-corrected chi connectivity index (χ0v) is 15.6. The van der Waals surface area contributed by atoms with Crippen LogP contribution in [0.15, 0.2) is 12.4 Å². The Morgan fingerprint density at radius 2 is 2.00 bits per heavy atom. The van der Waals surface area contributed by atoms with E-state index in [0.29, 0.717) is 32.1 Å². The number of fused-ring (bicyclic) bond motifs is 1. The summed E-state index contributed by atoms with van der Waals surface area (Å²) in [6.45, 7) is 4.65. The van der Waals surface area contributed by atoms with Crippen LogP contribution < -0.4 is 0 Å². The number of hydrogen-bond acceptors (Lipinski definition) is 6. The highest BCUT2D eigenvalue weighted by Crippen LogP contribution is 2.32. The largest absolute Gasteiger partial charge is 0.338 e. The Kier molecular flexibility index (Phi) is 4.71. The number of nitrogens with zero attached hydrogens (tertiary/aromatic N) is 6. The molecule has 2 aromatic heterocycles. The van der Waals surface area contributed by atoms with Gasteiger partial charge >= 0.3 is 0 Å². The lowest BCUT2D eigenvalue weighted by atomic mass is 9.90. The fourth-order valence-corrected chi connectivity index (χ4v) is 4.79. The Labute approximate surface area is 155 Å². The Bertz CT molecular complexity index is 794. The molecule has 0 spiro atoms. The average molecular weight is 374 g/mol. The summed E-state index contributed by atoms with van der Waals surface area (Å²) in [5, 5.41) is 10.8. The lowest BCUT2D eigenvalue weighted by Gasteiger charge is -2.34. The third-order valence-corrected chi connectivity index (χ3v) is 6.37. The zero-order chi connectivity index (χ0) is 18.1. The van der Waals surface area contributed by atoms with Gasteiger partial charge in [0.05, 0.1) is 4.88 Å². The van der Waals surface area contributed by atoms with Gasteiger partial charge in [-0.2, -0.15) is 0 Å². The van der Waals surface area contributed by atoms with Gasteiger partial charge in [-0.15, -0.1) is 16.4 Å². The van der Waals surface area contributed by atoms with E-state index in [1.54, 1.807) is 16.2 Å². The number of carbonyl (C=O) groups is 2. The smallest absolute Gasteiger partial charge is 0.264 e. The van der Waals surface area contributed by atoms with Crippen molar-refractivity contribution in [2.75, 3.05) is 26.2 Å². The third-order valence-electron chi connectivity index (χ3n) is 5.15. The number of carbonyl (C=O) groups excluding carboxylic acids is 2. The number of aryl methyl sites for hydroxylation is 1.